The smallest absolute Gasteiger partial charge is 0.326 e. The molecule has 1 fully saturated rings. The molecule has 1 saturated heterocycles. The van der Waals surface area contributed by atoms with Crippen LogP contribution in [0, 0.1) is 0 Å². The Kier molecular flexibility index (Phi) is 15.6. The summed E-state index contributed by atoms with van der Waals surface area (Å²) < 4.78 is 0. The third kappa shape index (κ3) is 12.9. The number of aromatic nitrogens is 2. The zero-order valence-electron chi connectivity index (χ0n) is 25.6. The molecular formula is C27H40N8O11S. The van der Waals surface area contributed by atoms with E-state index >= 15 is 0 Å². The highest BCUT2D eigenvalue weighted by atomic mass is 32.2. The molecule has 1 aromatic rings. The van der Waals surface area contributed by atoms with Crippen molar-refractivity contribution in [1.82, 2.24) is 36.1 Å². The molecule has 19 nitrogen and oxygen atoms in total. The van der Waals surface area contributed by atoms with Gasteiger partial charge in [0.2, 0.25) is 29.5 Å². The van der Waals surface area contributed by atoms with Gasteiger partial charge in [-0.25, -0.2) is 9.78 Å². The summed E-state index contributed by atoms with van der Waals surface area (Å²) in [5, 5.41) is 37.2. The van der Waals surface area contributed by atoms with E-state index in [4.69, 9.17) is 10.8 Å². The fraction of sp³-hybridized carbons (Fsp3) is 0.593. The average molecular weight is 685 g/mol. The van der Waals surface area contributed by atoms with E-state index in [0.717, 1.165) is 4.90 Å². The molecule has 20 heteroatoms. The predicted octanol–water partition coefficient (Wildman–Crippen LogP) is -2.98. The fourth-order valence-corrected chi connectivity index (χ4v) is 5.16. The summed E-state index contributed by atoms with van der Waals surface area (Å²) in [6.45, 7) is -0.587. The van der Waals surface area contributed by atoms with E-state index in [1.165, 1.54) is 24.3 Å². The third-order valence-corrected chi connectivity index (χ3v) is 7.76. The Labute approximate surface area is 273 Å². The van der Waals surface area contributed by atoms with Crippen molar-refractivity contribution in [2.24, 2.45) is 5.73 Å². The first-order valence-electron chi connectivity index (χ1n) is 14.6. The van der Waals surface area contributed by atoms with Crippen LogP contribution in [0.15, 0.2) is 12.5 Å². The lowest BCUT2D eigenvalue weighted by Crippen LogP contribution is -2.58. The van der Waals surface area contributed by atoms with Crippen LogP contribution in [0.4, 0.5) is 0 Å². The molecule has 2 heterocycles. The van der Waals surface area contributed by atoms with E-state index in [-0.39, 0.29) is 38.6 Å². The lowest BCUT2D eigenvalue weighted by atomic mass is 10.1. The molecule has 1 aliphatic rings. The van der Waals surface area contributed by atoms with E-state index in [0.29, 0.717) is 17.9 Å². The van der Waals surface area contributed by atoms with E-state index in [2.05, 4.69) is 31.2 Å². The van der Waals surface area contributed by atoms with Crippen LogP contribution < -0.4 is 27.0 Å². The molecule has 5 atom stereocenters. The van der Waals surface area contributed by atoms with Gasteiger partial charge in [0.1, 0.15) is 24.2 Å². The van der Waals surface area contributed by atoms with Crippen LogP contribution in [-0.4, -0.2) is 133 Å². The van der Waals surface area contributed by atoms with Crippen molar-refractivity contribution >= 4 is 59.2 Å². The number of H-pyrrole nitrogens is 1. The van der Waals surface area contributed by atoms with E-state index in [1.54, 1.807) is 6.26 Å². The number of aromatic amines is 1. The minimum atomic E-state index is -1.66. The number of carboxylic acids is 3. The Morgan fingerprint density at radius 2 is 1.72 bits per heavy atom. The van der Waals surface area contributed by atoms with E-state index in [1.807, 2.05) is 0 Å². The van der Waals surface area contributed by atoms with Gasteiger partial charge in [0.05, 0.1) is 25.3 Å². The zero-order valence-corrected chi connectivity index (χ0v) is 26.4. The molecule has 0 radical (unpaired) electrons. The van der Waals surface area contributed by atoms with Gasteiger partial charge in [-0.2, -0.15) is 11.8 Å². The highest BCUT2D eigenvalue weighted by molar-refractivity contribution is 7.98. The van der Waals surface area contributed by atoms with Gasteiger partial charge in [-0.3, -0.25) is 33.6 Å². The topological polar surface area (TPSA) is 303 Å². The molecule has 0 aliphatic carbocycles. The summed E-state index contributed by atoms with van der Waals surface area (Å²) >= 11 is 1.39. The Hall–Kier alpha value is -4.72. The van der Waals surface area contributed by atoms with Gasteiger partial charge >= 0.3 is 17.9 Å². The average Bonchev–Trinajstić information content (AvgIpc) is 3.72. The number of thioether (sulfide) groups is 1. The van der Waals surface area contributed by atoms with Crippen LogP contribution in [0.5, 0.6) is 0 Å². The summed E-state index contributed by atoms with van der Waals surface area (Å²) in [5.74, 6) is -7.60. The van der Waals surface area contributed by atoms with Gasteiger partial charge in [0.25, 0.3) is 0 Å². The highest BCUT2D eigenvalue weighted by Gasteiger charge is 2.40. The second-order valence-corrected chi connectivity index (χ2v) is 11.7. The number of nitrogens with two attached hydrogens (primary N) is 1. The maximum Gasteiger partial charge on any atom is 0.326 e. The summed E-state index contributed by atoms with van der Waals surface area (Å²) in [5.41, 5.74) is 6.02. The summed E-state index contributed by atoms with van der Waals surface area (Å²) in [4.78, 5) is 107. The fourth-order valence-electron chi connectivity index (χ4n) is 4.69. The second kappa shape index (κ2) is 19.1. The predicted molar refractivity (Wildman–Crippen MR) is 164 cm³/mol. The van der Waals surface area contributed by atoms with Crippen LogP contribution in [-0.2, 0) is 44.8 Å². The Balaban J connectivity index is 2.16. The molecule has 1 aliphatic heterocycles. The molecule has 10 N–H and O–H groups in total. The highest BCUT2D eigenvalue weighted by Crippen LogP contribution is 2.20. The molecule has 47 heavy (non-hydrogen) atoms. The molecule has 0 unspecified atom stereocenters. The number of amides is 5. The van der Waals surface area contributed by atoms with Gasteiger partial charge in [0.15, 0.2) is 0 Å². The molecule has 0 spiro atoms. The normalized spacial score (nSPS) is 16.6. The van der Waals surface area contributed by atoms with Crippen LogP contribution in [0.2, 0.25) is 0 Å². The van der Waals surface area contributed by atoms with Crippen molar-refractivity contribution in [1.29, 1.82) is 0 Å². The SMILES string of the molecule is CSCC[C@H](NC(=O)[C@@H]1CCCN1C(=O)[C@H](CC(=O)O)NC(=O)[C@H](Cc1cnc[nH]1)NC(=O)CNC(=O)[C@@H](N)CCC(=O)O)C(=O)O. The van der Waals surface area contributed by atoms with Crippen molar-refractivity contribution in [3.8, 4) is 0 Å². The van der Waals surface area contributed by atoms with Crippen molar-refractivity contribution < 1.29 is 53.7 Å². The van der Waals surface area contributed by atoms with Gasteiger partial charge in [-0.1, -0.05) is 0 Å². The Morgan fingerprint density at radius 1 is 1.00 bits per heavy atom. The molecule has 0 bridgehead atoms. The molecule has 0 saturated carbocycles. The number of aliphatic carboxylic acids is 3. The molecule has 5 amide bonds. The third-order valence-electron chi connectivity index (χ3n) is 7.12. The number of hydrogen-bond acceptors (Lipinski definition) is 11. The van der Waals surface area contributed by atoms with Crippen LogP contribution in [0.3, 0.4) is 0 Å². The number of carbonyl (C=O) groups excluding carboxylic acids is 5. The molecule has 1 aromatic heterocycles. The maximum absolute atomic E-state index is 13.6. The number of hydrogen-bond donors (Lipinski definition) is 9. The number of nitrogens with one attached hydrogen (secondary N) is 5. The first-order chi connectivity index (χ1) is 22.2. The summed E-state index contributed by atoms with van der Waals surface area (Å²) in [7, 11) is 0. The molecular weight excluding hydrogens is 644 g/mol. The van der Waals surface area contributed by atoms with Crippen LogP contribution in [0.1, 0.15) is 44.2 Å². The van der Waals surface area contributed by atoms with Gasteiger partial charge in [-0.05, 0) is 37.7 Å². The number of nitrogens with zero attached hydrogens (tertiary/aromatic N) is 2. The van der Waals surface area contributed by atoms with Crippen molar-refractivity contribution in [2.45, 2.75) is 75.2 Å². The van der Waals surface area contributed by atoms with Gasteiger partial charge in [-0.15, -0.1) is 0 Å². The van der Waals surface area contributed by atoms with Crippen molar-refractivity contribution in [3.05, 3.63) is 18.2 Å². The monoisotopic (exact) mass is 684 g/mol. The largest absolute Gasteiger partial charge is 0.481 e. The lowest BCUT2D eigenvalue weighted by molar-refractivity contribution is -0.147. The number of likely N-dealkylation sites (tertiary alicyclic amines) is 1. The zero-order chi connectivity index (χ0) is 35.1. The van der Waals surface area contributed by atoms with E-state index < -0.39 is 90.6 Å². The molecule has 0 aromatic carbocycles. The number of rotatable bonds is 20. The quantitative estimate of drug-likeness (QED) is 0.0662. The van der Waals surface area contributed by atoms with E-state index in [9.17, 15) is 48.6 Å². The van der Waals surface area contributed by atoms with Crippen molar-refractivity contribution in [3.63, 3.8) is 0 Å². The summed E-state index contributed by atoms with van der Waals surface area (Å²) in [6, 6.07) is -6.55. The Morgan fingerprint density at radius 3 is 2.32 bits per heavy atom. The van der Waals surface area contributed by atoms with Gasteiger partial charge in [0, 0.05) is 31.3 Å². The molecule has 260 valence electrons. The minimum absolute atomic E-state index is 0.0497. The summed E-state index contributed by atoms with van der Waals surface area (Å²) in [6.07, 6.45) is 3.57. The van der Waals surface area contributed by atoms with Gasteiger partial charge < -0.3 is 52.2 Å². The maximum atomic E-state index is 13.6. The first-order valence-corrected chi connectivity index (χ1v) is 16.0. The van der Waals surface area contributed by atoms with Crippen molar-refractivity contribution in [2.75, 3.05) is 25.1 Å². The number of carbonyl (C=O) groups is 8. The molecule has 2 rings (SSSR count). The Bertz CT molecular complexity index is 1300. The standard InChI is InChI=1S/C27H40N8O11S/c1-47-8-6-16(27(45)46)33-25(43)19-3-2-7-35(19)26(44)18(10-22(39)40)34-24(42)17(9-14-11-29-13-31-14)32-20(36)12-30-23(41)15(28)4-5-21(37)38/h11,13,15-19H,2-10,12,28H2,1H3,(H,29,31)(H,30,41)(H,32,36)(H,33,43)(H,34,42)(H,37,38)(H,39,40)(H,45,46)/t15-,16-,17-,18-,19-/m0/s1. The second-order valence-electron chi connectivity index (χ2n) is 10.7. The first kappa shape index (κ1) is 38.5. The van der Waals surface area contributed by atoms with Crippen LogP contribution in [0.25, 0.3) is 0 Å². The van der Waals surface area contributed by atoms with Crippen LogP contribution >= 0.6 is 11.8 Å². The number of carboxylic acid groups (broad SMARTS) is 3. The number of imidazole rings is 1. The lowest BCUT2D eigenvalue weighted by Gasteiger charge is -2.30. The minimum Gasteiger partial charge on any atom is -0.481 e.